The van der Waals surface area contributed by atoms with E-state index in [0.717, 1.165) is 0 Å². The summed E-state index contributed by atoms with van der Waals surface area (Å²) in [5, 5.41) is 0.960. The molecule has 0 bridgehead atoms. The molecule has 0 spiro atoms. The highest BCUT2D eigenvalue weighted by Gasteiger charge is 2.17. The first-order valence-electron chi connectivity index (χ1n) is 7.21. The van der Waals surface area contributed by atoms with Gasteiger partial charge in [0.15, 0.2) is 0 Å². The fourth-order valence-electron chi connectivity index (χ4n) is 2.34. The fraction of sp³-hybridized carbons (Fsp3) is 0.235. The molecule has 0 aliphatic rings. The smallest absolute Gasteiger partial charge is 0.340 e. The number of ether oxygens (including phenoxy) is 2. The van der Waals surface area contributed by atoms with Crippen molar-refractivity contribution in [2.45, 2.75) is 6.92 Å². The Morgan fingerprint density at radius 3 is 2.79 bits per heavy atom. The minimum absolute atomic E-state index is 0.120. The van der Waals surface area contributed by atoms with Crippen molar-refractivity contribution in [3.8, 4) is 0 Å². The Balaban J connectivity index is 2.15. The zero-order valence-corrected chi connectivity index (χ0v) is 13.8. The van der Waals surface area contributed by atoms with Gasteiger partial charge >= 0.3 is 5.97 Å². The number of aryl methyl sites for hydroxylation is 1. The van der Waals surface area contributed by atoms with Gasteiger partial charge in [-0.1, -0.05) is 11.6 Å². The van der Waals surface area contributed by atoms with Crippen LogP contribution in [0.1, 0.15) is 16.1 Å². The summed E-state index contributed by atoms with van der Waals surface area (Å²) in [6, 6.07) is 6.22. The molecule has 0 fully saturated rings. The summed E-state index contributed by atoms with van der Waals surface area (Å²) >= 11 is 5.94. The van der Waals surface area contributed by atoms with Crippen LogP contribution in [0.25, 0.3) is 22.1 Å². The number of rotatable bonds is 4. The standard InChI is InChI=1S/C17H14ClNO5/c1-9-11(17(21)23-6-5-22-2)8-13-15(20)12-7-10(18)3-4-14(12)24-16(13)19-9/h3-4,7-8H,5-6H2,1-2H3. The van der Waals surface area contributed by atoms with Crippen LogP contribution in [0.2, 0.25) is 5.02 Å². The lowest BCUT2D eigenvalue weighted by Gasteiger charge is -2.08. The van der Waals surface area contributed by atoms with Crippen LogP contribution in [0.5, 0.6) is 0 Å². The second kappa shape index (κ2) is 6.59. The highest BCUT2D eigenvalue weighted by Crippen LogP contribution is 2.22. The molecule has 0 saturated heterocycles. The molecule has 3 aromatic rings. The van der Waals surface area contributed by atoms with Crippen molar-refractivity contribution in [2.24, 2.45) is 0 Å². The Hall–Kier alpha value is -2.44. The maximum Gasteiger partial charge on any atom is 0.340 e. The van der Waals surface area contributed by atoms with Crippen molar-refractivity contribution in [3.63, 3.8) is 0 Å². The zero-order chi connectivity index (χ0) is 17.3. The monoisotopic (exact) mass is 347 g/mol. The van der Waals surface area contributed by atoms with Crippen molar-refractivity contribution in [2.75, 3.05) is 20.3 Å². The number of nitrogens with zero attached hydrogens (tertiary/aromatic N) is 1. The molecule has 0 N–H and O–H groups in total. The molecule has 0 atom stereocenters. The summed E-state index contributed by atoms with van der Waals surface area (Å²) < 4.78 is 15.6. The quantitative estimate of drug-likeness (QED) is 0.410. The number of pyridine rings is 1. The molecule has 24 heavy (non-hydrogen) atoms. The summed E-state index contributed by atoms with van der Waals surface area (Å²) in [5.41, 5.74) is 0.890. The molecule has 2 heterocycles. The van der Waals surface area contributed by atoms with Gasteiger partial charge in [-0.2, -0.15) is 0 Å². The normalized spacial score (nSPS) is 11.1. The van der Waals surface area contributed by atoms with Gasteiger partial charge in [0.05, 0.1) is 28.6 Å². The van der Waals surface area contributed by atoms with Gasteiger partial charge < -0.3 is 13.9 Å². The van der Waals surface area contributed by atoms with Crippen LogP contribution in [0.3, 0.4) is 0 Å². The highest BCUT2D eigenvalue weighted by molar-refractivity contribution is 6.31. The summed E-state index contributed by atoms with van der Waals surface area (Å²) in [7, 11) is 1.51. The van der Waals surface area contributed by atoms with Crippen LogP contribution in [0, 0.1) is 6.92 Å². The Kier molecular flexibility index (Phi) is 4.51. The maximum atomic E-state index is 12.7. The highest BCUT2D eigenvalue weighted by atomic mass is 35.5. The van der Waals surface area contributed by atoms with Gasteiger partial charge in [0.2, 0.25) is 11.1 Å². The number of hydrogen-bond donors (Lipinski definition) is 0. The van der Waals surface area contributed by atoms with Gasteiger partial charge in [-0.05, 0) is 31.2 Å². The molecule has 7 heteroatoms. The topological polar surface area (TPSA) is 78.6 Å². The molecule has 0 radical (unpaired) electrons. The molecule has 2 aromatic heterocycles. The van der Waals surface area contributed by atoms with E-state index in [-0.39, 0.29) is 35.3 Å². The number of halogens is 1. The molecule has 0 unspecified atom stereocenters. The predicted octanol–water partition coefficient (Wildman–Crippen LogP) is 3.11. The summed E-state index contributed by atoms with van der Waals surface area (Å²) in [5.74, 6) is -0.565. The van der Waals surface area contributed by atoms with Crippen molar-refractivity contribution >= 4 is 39.6 Å². The van der Waals surface area contributed by atoms with Gasteiger partial charge in [0.1, 0.15) is 12.2 Å². The number of esters is 1. The molecule has 0 saturated carbocycles. The van der Waals surface area contributed by atoms with Crippen molar-refractivity contribution in [1.82, 2.24) is 4.98 Å². The first-order valence-corrected chi connectivity index (χ1v) is 7.59. The lowest BCUT2D eigenvalue weighted by Crippen LogP contribution is -2.13. The largest absolute Gasteiger partial charge is 0.460 e. The molecule has 124 valence electrons. The van der Waals surface area contributed by atoms with Gasteiger partial charge in [-0.15, -0.1) is 0 Å². The Bertz CT molecular complexity index is 996. The molecular weight excluding hydrogens is 334 g/mol. The lowest BCUT2D eigenvalue weighted by atomic mass is 10.1. The fourth-order valence-corrected chi connectivity index (χ4v) is 2.52. The van der Waals surface area contributed by atoms with E-state index in [4.69, 9.17) is 25.5 Å². The number of aromatic nitrogens is 1. The molecular formula is C17H14ClNO5. The van der Waals surface area contributed by atoms with Crippen LogP contribution < -0.4 is 5.43 Å². The van der Waals surface area contributed by atoms with Gasteiger partial charge in [0.25, 0.3) is 0 Å². The summed E-state index contributed by atoms with van der Waals surface area (Å²) in [6.45, 7) is 2.06. The van der Waals surface area contributed by atoms with Gasteiger partial charge in [-0.25, -0.2) is 9.78 Å². The second-order valence-corrected chi connectivity index (χ2v) is 5.61. The summed E-state index contributed by atoms with van der Waals surface area (Å²) in [6.07, 6.45) is 0. The van der Waals surface area contributed by atoms with E-state index >= 15 is 0 Å². The molecule has 6 nitrogen and oxygen atoms in total. The number of methoxy groups -OCH3 is 1. The second-order valence-electron chi connectivity index (χ2n) is 5.17. The van der Waals surface area contributed by atoms with E-state index in [1.54, 1.807) is 19.1 Å². The van der Waals surface area contributed by atoms with Crippen LogP contribution in [0.4, 0.5) is 0 Å². The Morgan fingerprint density at radius 2 is 2.04 bits per heavy atom. The van der Waals surface area contributed by atoms with Crippen molar-refractivity contribution in [3.05, 3.63) is 50.8 Å². The van der Waals surface area contributed by atoms with Crippen molar-refractivity contribution < 1.29 is 18.7 Å². The van der Waals surface area contributed by atoms with E-state index < -0.39 is 5.97 Å². The number of fused-ring (bicyclic) bond motifs is 2. The number of benzene rings is 1. The minimum atomic E-state index is -0.565. The average Bonchev–Trinajstić information content (AvgIpc) is 2.55. The first kappa shape index (κ1) is 16.4. The minimum Gasteiger partial charge on any atom is -0.460 e. The first-order chi connectivity index (χ1) is 11.5. The van der Waals surface area contributed by atoms with Gasteiger partial charge in [0, 0.05) is 12.1 Å². The predicted molar refractivity (Wildman–Crippen MR) is 89.7 cm³/mol. The number of carbonyl (C=O) groups is 1. The van der Waals surface area contributed by atoms with Crippen LogP contribution in [-0.2, 0) is 9.47 Å². The van der Waals surface area contributed by atoms with Crippen LogP contribution >= 0.6 is 11.6 Å². The molecule has 3 rings (SSSR count). The van der Waals surface area contributed by atoms with E-state index in [2.05, 4.69) is 4.98 Å². The molecule has 1 aromatic carbocycles. The van der Waals surface area contributed by atoms with E-state index in [1.807, 2.05) is 0 Å². The molecule has 0 aliphatic heterocycles. The van der Waals surface area contributed by atoms with Crippen LogP contribution in [-0.4, -0.2) is 31.3 Å². The van der Waals surface area contributed by atoms with E-state index in [0.29, 0.717) is 21.7 Å². The third kappa shape index (κ3) is 2.98. The van der Waals surface area contributed by atoms with Crippen LogP contribution in [0.15, 0.2) is 33.5 Å². The third-order valence-corrected chi connectivity index (χ3v) is 3.79. The molecule has 0 aliphatic carbocycles. The SMILES string of the molecule is COCCOC(=O)c1cc2c(=O)c3cc(Cl)ccc3oc2nc1C. The number of carbonyl (C=O) groups excluding carboxylic acids is 1. The molecule has 0 amide bonds. The number of hydrogen-bond acceptors (Lipinski definition) is 6. The lowest BCUT2D eigenvalue weighted by molar-refractivity contribution is 0.0387. The van der Waals surface area contributed by atoms with Crippen molar-refractivity contribution in [1.29, 1.82) is 0 Å². The zero-order valence-electron chi connectivity index (χ0n) is 13.1. The Labute approximate surface area is 141 Å². The maximum absolute atomic E-state index is 12.7. The third-order valence-electron chi connectivity index (χ3n) is 3.56. The van der Waals surface area contributed by atoms with E-state index in [9.17, 15) is 9.59 Å². The summed E-state index contributed by atoms with van der Waals surface area (Å²) in [4.78, 5) is 29.0. The van der Waals surface area contributed by atoms with Gasteiger partial charge in [-0.3, -0.25) is 4.79 Å². The average molecular weight is 348 g/mol. The Morgan fingerprint density at radius 1 is 1.25 bits per heavy atom. The van der Waals surface area contributed by atoms with E-state index in [1.165, 1.54) is 19.2 Å².